The zero-order valence-corrected chi connectivity index (χ0v) is 16.6. The van der Waals surface area contributed by atoms with E-state index in [0.717, 1.165) is 12.1 Å². The van der Waals surface area contributed by atoms with Gasteiger partial charge in [0.2, 0.25) is 0 Å². The van der Waals surface area contributed by atoms with Crippen LogP contribution in [-0.2, 0) is 13.2 Å². The zero-order chi connectivity index (χ0) is 23.4. The van der Waals surface area contributed by atoms with E-state index in [0.29, 0.717) is 21.7 Å². The van der Waals surface area contributed by atoms with Crippen LogP contribution in [-0.4, -0.2) is 14.2 Å². The van der Waals surface area contributed by atoms with Crippen LogP contribution in [0.4, 0.5) is 22.0 Å². The first-order valence-electron chi connectivity index (χ1n) is 9.20. The second kappa shape index (κ2) is 7.30. The van der Waals surface area contributed by atoms with E-state index >= 15 is 0 Å². The van der Waals surface area contributed by atoms with Crippen LogP contribution in [0, 0.1) is 29.9 Å². The molecule has 2 aromatic carbocycles. The lowest BCUT2D eigenvalue weighted by molar-refractivity contribution is -0.140. The molecule has 0 amide bonds. The van der Waals surface area contributed by atoms with Crippen molar-refractivity contribution in [3.63, 3.8) is 0 Å². The maximum absolute atomic E-state index is 14.6. The van der Waals surface area contributed by atoms with Gasteiger partial charge in [-0.2, -0.15) is 28.0 Å². The van der Waals surface area contributed by atoms with Crippen molar-refractivity contribution < 1.29 is 22.0 Å². The average molecular weight is 444 g/mol. The first kappa shape index (κ1) is 21.2. The van der Waals surface area contributed by atoms with Gasteiger partial charge in [-0.05, 0) is 36.8 Å². The number of rotatable bonds is 2. The molecule has 0 radical (unpaired) electrons. The quantitative estimate of drug-likeness (QED) is 0.416. The summed E-state index contributed by atoms with van der Waals surface area (Å²) in [6.07, 6.45) is -5.01. The molecular weight excluding hydrogens is 431 g/mol. The van der Waals surface area contributed by atoms with Gasteiger partial charge in [0.05, 0.1) is 22.9 Å². The molecule has 4 aromatic rings. The lowest BCUT2D eigenvalue weighted by Gasteiger charge is -2.16. The predicted molar refractivity (Wildman–Crippen MR) is 106 cm³/mol. The summed E-state index contributed by atoms with van der Waals surface area (Å²) in [5.74, 6) is -2.18. The van der Waals surface area contributed by atoms with Gasteiger partial charge in [-0.1, -0.05) is 12.1 Å². The smallest absolute Gasteiger partial charge is 0.328 e. The van der Waals surface area contributed by atoms with Crippen LogP contribution in [0.15, 0.2) is 47.3 Å². The molecule has 0 aliphatic rings. The molecule has 5 nitrogen and oxygen atoms in total. The number of hydrogen-bond donors (Lipinski definition) is 0. The largest absolute Gasteiger partial charge is 0.435 e. The molecule has 0 bridgehead atoms. The third-order valence-electron chi connectivity index (χ3n) is 5.14. The fourth-order valence-electron chi connectivity index (χ4n) is 3.73. The topological polar surface area (TPSA) is 63.1 Å². The first-order chi connectivity index (χ1) is 15.0. The van der Waals surface area contributed by atoms with Crippen LogP contribution in [0.5, 0.6) is 0 Å². The van der Waals surface area contributed by atoms with Crippen LogP contribution >= 0.6 is 0 Å². The van der Waals surface area contributed by atoms with Crippen molar-refractivity contribution in [1.82, 2.24) is 14.2 Å². The lowest BCUT2D eigenvalue weighted by Crippen LogP contribution is -2.23. The summed E-state index contributed by atoms with van der Waals surface area (Å²) in [6.45, 7) is 1.43. The number of alkyl halides is 3. The van der Waals surface area contributed by atoms with Gasteiger partial charge in [-0.15, -0.1) is 0 Å². The molecule has 0 saturated carbocycles. The van der Waals surface area contributed by atoms with E-state index in [1.165, 1.54) is 30.7 Å². The van der Waals surface area contributed by atoms with Crippen molar-refractivity contribution >= 4 is 5.65 Å². The molecular formula is C22H13F5N4O. The van der Waals surface area contributed by atoms with Crippen molar-refractivity contribution in [2.24, 2.45) is 7.05 Å². The highest BCUT2D eigenvalue weighted by atomic mass is 19.4. The van der Waals surface area contributed by atoms with E-state index in [-0.39, 0.29) is 16.9 Å². The second-order valence-electron chi connectivity index (χ2n) is 7.11. The minimum atomic E-state index is -5.01. The van der Waals surface area contributed by atoms with Gasteiger partial charge in [0.15, 0.2) is 5.69 Å². The highest BCUT2D eigenvalue weighted by Gasteiger charge is 2.40. The minimum absolute atomic E-state index is 0.104. The summed E-state index contributed by atoms with van der Waals surface area (Å²) in [4.78, 5) is 13.0. The van der Waals surface area contributed by atoms with Crippen molar-refractivity contribution in [2.45, 2.75) is 13.1 Å². The third-order valence-corrected chi connectivity index (χ3v) is 5.14. The summed E-state index contributed by atoms with van der Waals surface area (Å²) in [5, 5.41) is 12.5. The highest BCUT2D eigenvalue weighted by Crippen LogP contribution is 2.40. The van der Waals surface area contributed by atoms with Crippen molar-refractivity contribution in [1.29, 1.82) is 5.26 Å². The Morgan fingerprint density at radius 2 is 1.72 bits per heavy atom. The minimum Gasteiger partial charge on any atom is -0.328 e. The Morgan fingerprint density at radius 1 is 1.06 bits per heavy atom. The van der Waals surface area contributed by atoms with Gasteiger partial charge in [0.1, 0.15) is 17.3 Å². The molecule has 0 N–H and O–H groups in total. The maximum atomic E-state index is 14.6. The molecule has 0 aliphatic carbocycles. The van der Waals surface area contributed by atoms with Gasteiger partial charge >= 0.3 is 6.18 Å². The summed E-state index contributed by atoms with van der Waals surface area (Å²) < 4.78 is 71.4. The van der Waals surface area contributed by atoms with E-state index in [1.807, 2.05) is 6.07 Å². The van der Waals surface area contributed by atoms with Crippen LogP contribution < -0.4 is 5.56 Å². The fourth-order valence-corrected chi connectivity index (χ4v) is 3.73. The van der Waals surface area contributed by atoms with Crippen LogP contribution in [0.2, 0.25) is 0 Å². The molecule has 2 aromatic heterocycles. The van der Waals surface area contributed by atoms with E-state index in [4.69, 9.17) is 5.26 Å². The van der Waals surface area contributed by atoms with E-state index < -0.39 is 40.2 Å². The number of benzene rings is 2. The molecule has 0 saturated heterocycles. The Bertz CT molecular complexity index is 1470. The number of hydrogen-bond acceptors (Lipinski definition) is 3. The lowest BCUT2D eigenvalue weighted by atomic mass is 10.0. The van der Waals surface area contributed by atoms with Gasteiger partial charge in [-0.25, -0.2) is 8.78 Å². The van der Waals surface area contributed by atoms with Crippen LogP contribution in [0.1, 0.15) is 16.8 Å². The van der Waals surface area contributed by atoms with Crippen molar-refractivity contribution in [3.05, 3.63) is 81.3 Å². The summed E-state index contributed by atoms with van der Waals surface area (Å²) in [5.41, 5.74) is -2.62. The Balaban J connectivity index is 2.18. The van der Waals surface area contributed by atoms with E-state index in [1.54, 1.807) is 12.1 Å². The first-order valence-corrected chi connectivity index (χ1v) is 9.20. The summed E-state index contributed by atoms with van der Waals surface area (Å²) in [6, 6.07) is 10.2. The Hall–Kier alpha value is -4.00. The van der Waals surface area contributed by atoms with Gasteiger partial charge in [0, 0.05) is 24.2 Å². The number of nitrogens with zero attached hydrogens (tertiary/aromatic N) is 4. The molecule has 0 aliphatic heterocycles. The van der Waals surface area contributed by atoms with Gasteiger partial charge in [0.25, 0.3) is 5.56 Å². The molecule has 10 heteroatoms. The number of fused-ring (bicyclic) bond motifs is 1. The molecule has 0 atom stereocenters. The second-order valence-corrected chi connectivity index (χ2v) is 7.11. The SMILES string of the molecule is Cc1c(-c2ccc(C#N)cc2)n(C)c2c(-c3ccc(F)cc3F)c(C(F)(F)F)nn2c1=O. The van der Waals surface area contributed by atoms with Crippen LogP contribution in [0.3, 0.4) is 0 Å². The fraction of sp³-hybridized carbons (Fsp3) is 0.136. The monoisotopic (exact) mass is 444 g/mol. The number of aryl methyl sites for hydroxylation is 1. The molecule has 0 unspecified atom stereocenters. The summed E-state index contributed by atoms with van der Waals surface area (Å²) >= 11 is 0. The Morgan fingerprint density at radius 3 is 2.28 bits per heavy atom. The average Bonchev–Trinajstić information content (AvgIpc) is 3.14. The summed E-state index contributed by atoms with van der Waals surface area (Å²) in [7, 11) is 1.42. The molecule has 0 spiro atoms. The van der Waals surface area contributed by atoms with Gasteiger partial charge in [-0.3, -0.25) is 4.79 Å². The normalized spacial score (nSPS) is 11.7. The molecule has 162 valence electrons. The number of nitriles is 1. The third kappa shape index (κ3) is 3.22. The molecule has 0 fully saturated rings. The predicted octanol–water partition coefficient (Wildman–Crippen LogP) is 4.84. The Kier molecular flexibility index (Phi) is 4.85. The van der Waals surface area contributed by atoms with Crippen molar-refractivity contribution in [3.8, 4) is 28.5 Å². The van der Waals surface area contributed by atoms with E-state index in [2.05, 4.69) is 5.10 Å². The highest BCUT2D eigenvalue weighted by molar-refractivity contribution is 5.83. The van der Waals surface area contributed by atoms with E-state index in [9.17, 15) is 26.7 Å². The zero-order valence-electron chi connectivity index (χ0n) is 16.6. The molecule has 4 rings (SSSR count). The van der Waals surface area contributed by atoms with Gasteiger partial charge < -0.3 is 4.57 Å². The molecule has 2 heterocycles. The maximum Gasteiger partial charge on any atom is 0.435 e. The standard InChI is InChI=1S/C22H13F5N4O/c1-11-18(13-5-3-12(10-28)4-6-13)30(2)20-17(15-8-7-14(23)9-16(15)24)19(22(25,26)27)29-31(20)21(11)32/h3-9H,1-2H3. The number of halogens is 5. The number of aromatic nitrogens is 3. The van der Waals surface area contributed by atoms with Crippen molar-refractivity contribution in [2.75, 3.05) is 0 Å². The Labute approximate surface area is 177 Å². The van der Waals surface area contributed by atoms with Crippen LogP contribution in [0.25, 0.3) is 28.0 Å². The molecule has 32 heavy (non-hydrogen) atoms.